The van der Waals surface area contributed by atoms with Gasteiger partial charge in [-0.25, -0.2) is 4.39 Å². The molecule has 2 aliphatic rings. The van der Waals surface area contributed by atoms with Crippen LogP contribution < -0.4 is 5.56 Å². The Hall–Kier alpha value is -3.26. The summed E-state index contributed by atoms with van der Waals surface area (Å²) in [5.41, 5.74) is 1.17. The molecule has 1 aromatic heterocycles. The second-order valence-corrected chi connectivity index (χ2v) is 8.47. The summed E-state index contributed by atoms with van der Waals surface area (Å²) in [7, 11) is 3.26. The molecule has 2 bridgehead atoms. The molecule has 0 radical (unpaired) electrons. The van der Waals surface area contributed by atoms with E-state index in [1.165, 1.54) is 29.2 Å². The molecule has 7 nitrogen and oxygen atoms in total. The highest BCUT2D eigenvalue weighted by Gasteiger charge is 2.57. The normalized spacial score (nSPS) is 24.0. The van der Waals surface area contributed by atoms with E-state index >= 15 is 0 Å². The Morgan fingerprint density at radius 1 is 1.19 bits per heavy atom. The molecular weight excluding hydrogens is 413 g/mol. The quantitative estimate of drug-likeness (QED) is 0.789. The summed E-state index contributed by atoms with van der Waals surface area (Å²) < 4.78 is 15.0. The molecule has 4 rings (SSSR count). The number of halogens is 1. The minimum Gasteiger partial charge on any atom is -0.396 e. The van der Waals surface area contributed by atoms with Gasteiger partial charge in [-0.15, -0.1) is 0 Å². The zero-order valence-corrected chi connectivity index (χ0v) is 18.2. The molecule has 1 aromatic carbocycles. The molecular formula is C24H26FN3O4. The molecule has 0 unspecified atom stereocenters. The van der Waals surface area contributed by atoms with Crippen molar-refractivity contribution >= 4 is 17.9 Å². The number of fused-ring (bicyclic) bond motifs is 4. The maximum absolute atomic E-state index is 13.5. The van der Waals surface area contributed by atoms with Gasteiger partial charge >= 0.3 is 0 Å². The van der Waals surface area contributed by atoms with Crippen LogP contribution in [0, 0.1) is 17.7 Å². The summed E-state index contributed by atoms with van der Waals surface area (Å²) in [5, 5.41) is 10.3. The van der Waals surface area contributed by atoms with Crippen molar-refractivity contribution in [3.8, 4) is 0 Å². The first-order valence-corrected chi connectivity index (χ1v) is 10.6. The number of aromatic nitrogens is 1. The second-order valence-electron chi connectivity index (χ2n) is 8.47. The van der Waals surface area contributed by atoms with E-state index in [4.69, 9.17) is 0 Å². The summed E-state index contributed by atoms with van der Waals surface area (Å²) in [6.07, 6.45) is 3.50. The van der Waals surface area contributed by atoms with Crippen molar-refractivity contribution in [3.63, 3.8) is 0 Å². The van der Waals surface area contributed by atoms with Crippen molar-refractivity contribution in [2.45, 2.75) is 25.6 Å². The van der Waals surface area contributed by atoms with E-state index in [2.05, 4.69) is 0 Å². The fourth-order valence-electron chi connectivity index (χ4n) is 5.03. The second kappa shape index (κ2) is 8.35. The van der Waals surface area contributed by atoms with E-state index in [-0.39, 0.29) is 36.1 Å². The molecule has 8 heteroatoms. The summed E-state index contributed by atoms with van der Waals surface area (Å²) in [4.78, 5) is 42.9. The van der Waals surface area contributed by atoms with Gasteiger partial charge in [0.05, 0.1) is 18.0 Å². The predicted octanol–water partition coefficient (Wildman–Crippen LogP) is 1.91. The maximum Gasteiger partial charge on any atom is 0.258 e. The van der Waals surface area contributed by atoms with Crippen molar-refractivity contribution < 1.29 is 19.1 Å². The molecule has 32 heavy (non-hydrogen) atoms. The smallest absolute Gasteiger partial charge is 0.258 e. The summed E-state index contributed by atoms with van der Waals surface area (Å²) in [6.45, 7) is 1.69. The number of aliphatic hydroxyl groups excluding tert-OH is 1. The molecule has 1 saturated heterocycles. The van der Waals surface area contributed by atoms with Gasteiger partial charge in [-0.05, 0) is 43.3 Å². The van der Waals surface area contributed by atoms with Gasteiger partial charge in [-0.2, -0.15) is 0 Å². The number of aliphatic hydroxyl groups is 1. The number of nitrogens with zero attached hydrogens (tertiary/aromatic N) is 3. The minimum atomic E-state index is -0.717. The van der Waals surface area contributed by atoms with Gasteiger partial charge in [0.25, 0.3) is 11.5 Å². The number of amides is 2. The number of carbonyl (C=O) groups excluding carboxylic acids is 2. The molecule has 3 heterocycles. The lowest BCUT2D eigenvalue weighted by atomic mass is 9.86. The van der Waals surface area contributed by atoms with Crippen LogP contribution in [-0.4, -0.2) is 58.0 Å². The molecule has 0 spiro atoms. The van der Waals surface area contributed by atoms with Crippen LogP contribution in [0.2, 0.25) is 0 Å². The van der Waals surface area contributed by atoms with Crippen molar-refractivity contribution in [2.24, 2.45) is 11.8 Å². The molecule has 4 atom stereocenters. The zero-order valence-electron chi connectivity index (χ0n) is 18.2. The Balaban J connectivity index is 1.90. The standard InChI is InChI=1S/C24H26FN3O4/c1-4-5-14-8-11-18-21-20(24(32)26(2)3)17(13-29)19(12-27(18)22(14)30)28(21)23(31)15-6-9-16(25)10-7-15/h4-11,17,19-21,29H,12-13H2,1-3H3/b5-4-/t17-,19-,20+,21+/m1/s1. The lowest BCUT2D eigenvalue weighted by molar-refractivity contribution is -0.135. The Morgan fingerprint density at radius 2 is 1.88 bits per heavy atom. The average molecular weight is 439 g/mol. The van der Waals surface area contributed by atoms with Gasteiger partial charge in [-0.1, -0.05) is 12.2 Å². The van der Waals surface area contributed by atoms with Gasteiger partial charge in [0.1, 0.15) is 5.82 Å². The third kappa shape index (κ3) is 3.35. The lowest BCUT2D eigenvalue weighted by Gasteiger charge is -2.38. The highest BCUT2D eigenvalue weighted by Crippen LogP contribution is 2.49. The van der Waals surface area contributed by atoms with Crippen LogP contribution in [0.4, 0.5) is 4.39 Å². The highest BCUT2D eigenvalue weighted by atomic mass is 19.1. The Bertz CT molecular complexity index is 1140. The van der Waals surface area contributed by atoms with Crippen LogP contribution in [0.25, 0.3) is 6.08 Å². The topological polar surface area (TPSA) is 82.8 Å². The molecule has 2 aromatic rings. The molecule has 0 aliphatic carbocycles. The number of hydrogen-bond acceptors (Lipinski definition) is 4. The number of rotatable bonds is 4. The fraction of sp³-hybridized carbons (Fsp3) is 0.375. The zero-order chi connectivity index (χ0) is 23.2. The number of hydrogen-bond donors (Lipinski definition) is 1. The average Bonchev–Trinajstić information content (AvgIpc) is 3.01. The van der Waals surface area contributed by atoms with Gasteiger partial charge in [0.15, 0.2) is 0 Å². The van der Waals surface area contributed by atoms with Crippen LogP contribution in [0.3, 0.4) is 0 Å². The number of allylic oxidation sites excluding steroid dienone is 1. The summed E-state index contributed by atoms with van der Waals surface area (Å²) >= 11 is 0. The van der Waals surface area contributed by atoms with Gasteiger partial charge in [0.2, 0.25) is 5.91 Å². The van der Waals surface area contributed by atoms with Crippen LogP contribution in [0.15, 0.2) is 47.3 Å². The number of carbonyl (C=O) groups is 2. The summed E-state index contributed by atoms with van der Waals surface area (Å²) in [5.74, 6) is -2.27. The Kier molecular flexibility index (Phi) is 5.73. The minimum absolute atomic E-state index is 0.172. The van der Waals surface area contributed by atoms with Crippen LogP contribution >= 0.6 is 0 Å². The van der Waals surface area contributed by atoms with Crippen molar-refractivity contribution in [1.82, 2.24) is 14.4 Å². The van der Waals surface area contributed by atoms with Crippen molar-refractivity contribution in [2.75, 3.05) is 20.7 Å². The SMILES string of the molecule is C/C=C\c1ccc2n(c1=O)C[C@@H]1[C@@H](CO)[C@H](C(=O)N(C)C)[C@H]2N1C(=O)c1ccc(F)cc1. The van der Waals surface area contributed by atoms with E-state index < -0.39 is 29.7 Å². The largest absolute Gasteiger partial charge is 0.396 e. The van der Waals surface area contributed by atoms with E-state index in [9.17, 15) is 23.9 Å². The first kappa shape index (κ1) is 22.0. The van der Waals surface area contributed by atoms with Gasteiger partial charge < -0.3 is 19.5 Å². The lowest BCUT2D eigenvalue weighted by Crippen LogP contribution is -2.49. The van der Waals surface area contributed by atoms with Gasteiger partial charge in [-0.3, -0.25) is 14.4 Å². The third-order valence-electron chi connectivity index (χ3n) is 6.47. The van der Waals surface area contributed by atoms with Crippen LogP contribution in [-0.2, 0) is 11.3 Å². The number of benzene rings is 1. The highest BCUT2D eigenvalue weighted by molar-refractivity contribution is 5.96. The van der Waals surface area contributed by atoms with E-state index in [0.717, 1.165) is 0 Å². The van der Waals surface area contributed by atoms with Crippen molar-refractivity contribution in [1.29, 1.82) is 0 Å². The first-order valence-electron chi connectivity index (χ1n) is 10.6. The van der Waals surface area contributed by atoms with Crippen LogP contribution in [0.5, 0.6) is 0 Å². The molecule has 168 valence electrons. The molecule has 2 amide bonds. The molecule has 0 saturated carbocycles. The van der Waals surface area contributed by atoms with Crippen LogP contribution in [0.1, 0.15) is 34.6 Å². The Morgan fingerprint density at radius 3 is 2.47 bits per heavy atom. The third-order valence-corrected chi connectivity index (χ3v) is 6.47. The maximum atomic E-state index is 13.5. The predicted molar refractivity (Wildman–Crippen MR) is 117 cm³/mol. The number of pyridine rings is 1. The van der Waals surface area contributed by atoms with Crippen molar-refractivity contribution in [3.05, 3.63) is 75.5 Å². The molecule has 2 aliphatic heterocycles. The monoisotopic (exact) mass is 439 g/mol. The van der Waals surface area contributed by atoms with E-state index in [1.807, 2.05) is 6.92 Å². The summed E-state index contributed by atoms with van der Waals surface area (Å²) in [6, 6.07) is 7.44. The van der Waals surface area contributed by atoms with Gasteiger partial charge in [0, 0.05) is 50.0 Å². The molecule has 1 N–H and O–H groups in total. The first-order chi connectivity index (χ1) is 15.3. The van der Waals surface area contributed by atoms with E-state index in [0.29, 0.717) is 11.3 Å². The molecule has 1 fully saturated rings. The Labute approximate surface area is 185 Å². The fourth-order valence-corrected chi connectivity index (χ4v) is 5.03. The van der Waals surface area contributed by atoms with E-state index in [1.54, 1.807) is 47.8 Å².